The molecule has 0 radical (unpaired) electrons. The average Bonchev–Trinajstić information content (AvgIpc) is 3.34. The molecule has 8 aromatic carbocycles. The Bertz CT molecular complexity index is 2810. The molecule has 9 rings (SSSR count). The van der Waals surface area contributed by atoms with Crippen LogP contribution in [0, 0.1) is 0 Å². The number of hydrogen-bond acceptors (Lipinski definition) is 9. The zero-order valence-electron chi connectivity index (χ0n) is 36.5. The van der Waals surface area contributed by atoms with Crippen LogP contribution in [0.1, 0.15) is 28.3 Å². The predicted molar refractivity (Wildman–Crippen MR) is 252 cm³/mol. The van der Waals surface area contributed by atoms with E-state index in [1.165, 1.54) is 49.4 Å². The fourth-order valence-corrected chi connectivity index (χ4v) is 9.26. The third-order valence-electron chi connectivity index (χ3n) is 12.1. The summed E-state index contributed by atoms with van der Waals surface area (Å²) < 4.78 is 35.4. The second kappa shape index (κ2) is 18.1. The maximum absolute atomic E-state index is 5.95. The summed E-state index contributed by atoms with van der Waals surface area (Å²) in [6, 6.07) is 51.2. The third kappa shape index (κ3) is 7.65. The van der Waals surface area contributed by atoms with Crippen molar-refractivity contribution in [2.45, 2.75) is 19.1 Å². The Hall–Kier alpha value is -7.04. The van der Waals surface area contributed by atoms with Gasteiger partial charge in [-0.25, -0.2) is 10.4 Å². The van der Waals surface area contributed by atoms with E-state index in [4.69, 9.17) is 28.4 Å². The van der Waals surface area contributed by atoms with Crippen molar-refractivity contribution in [2.75, 3.05) is 49.3 Å². The molecular weight excluding hydrogens is 787 g/mol. The van der Waals surface area contributed by atoms with E-state index in [1.54, 1.807) is 42.7 Å². The molecular formula is C54H51N3O6. The molecule has 63 heavy (non-hydrogen) atoms. The summed E-state index contributed by atoms with van der Waals surface area (Å²) in [6.07, 6.45) is 0. The molecule has 9 heteroatoms. The van der Waals surface area contributed by atoms with Gasteiger partial charge in [0, 0.05) is 13.1 Å². The van der Waals surface area contributed by atoms with Gasteiger partial charge in [0.25, 0.3) is 0 Å². The van der Waals surface area contributed by atoms with E-state index in [1.807, 2.05) is 24.3 Å². The second-order valence-electron chi connectivity index (χ2n) is 15.4. The number of hydrogen-bond donors (Lipinski definition) is 2. The Kier molecular flexibility index (Phi) is 11.9. The molecule has 1 aliphatic heterocycles. The van der Waals surface area contributed by atoms with Crippen molar-refractivity contribution in [2.24, 2.45) is 0 Å². The molecule has 0 bridgehead atoms. The minimum atomic E-state index is -0.465. The molecule has 0 saturated heterocycles. The van der Waals surface area contributed by atoms with Gasteiger partial charge in [-0.15, -0.1) is 0 Å². The number of methoxy groups -OCH3 is 6. The topological polar surface area (TPSA) is 82.7 Å². The lowest BCUT2D eigenvalue weighted by Gasteiger charge is -2.36. The summed E-state index contributed by atoms with van der Waals surface area (Å²) in [7, 11) is 9.77. The summed E-state index contributed by atoms with van der Waals surface area (Å²) >= 11 is 0. The van der Waals surface area contributed by atoms with Crippen molar-refractivity contribution in [3.8, 4) is 67.9 Å². The monoisotopic (exact) mass is 837 g/mol. The van der Waals surface area contributed by atoms with Crippen LogP contribution in [-0.4, -0.2) is 54.3 Å². The number of hydrazine groups is 1. The molecule has 0 aliphatic carbocycles. The van der Waals surface area contributed by atoms with Crippen LogP contribution in [0.4, 0.5) is 0 Å². The quantitative estimate of drug-likeness (QED) is 0.132. The van der Waals surface area contributed by atoms with Gasteiger partial charge in [-0.1, -0.05) is 109 Å². The summed E-state index contributed by atoms with van der Waals surface area (Å²) in [5, 5.41) is 10.9. The van der Waals surface area contributed by atoms with E-state index in [0.717, 1.165) is 27.8 Å². The minimum Gasteiger partial charge on any atom is -0.493 e. The highest BCUT2D eigenvalue weighted by molar-refractivity contribution is 6.11. The van der Waals surface area contributed by atoms with Crippen molar-refractivity contribution < 1.29 is 28.4 Å². The highest BCUT2D eigenvalue weighted by atomic mass is 16.5. The average molecular weight is 838 g/mol. The predicted octanol–water partition coefficient (Wildman–Crippen LogP) is 11.2. The van der Waals surface area contributed by atoms with Crippen LogP contribution in [0.5, 0.6) is 34.5 Å². The van der Waals surface area contributed by atoms with Gasteiger partial charge in [-0.2, -0.15) is 0 Å². The lowest BCUT2D eigenvalue weighted by Crippen LogP contribution is -2.46. The number of benzene rings is 8. The number of ether oxygens (including phenoxy) is 6. The molecule has 8 aromatic rings. The second-order valence-corrected chi connectivity index (χ2v) is 15.4. The summed E-state index contributed by atoms with van der Waals surface area (Å²) in [4.78, 5) is 0. The van der Waals surface area contributed by atoms with Gasteiger partial charge in [-0.05, 0) is 114 Å². The SMILES string of the molecule is COc1cc(C(c2cc(OC)c(OC)c(OC)c2)N2CNCc3c(-c4ccccc4)cc4ccccc4c3-c3c(c(-c4ccccc4)cc4ccccc34)CN2)cc(OC)c1OC. The first kappa shape index (κ1) is 41.3. The van der Waals surface area contributed by atoms with Gasteiger partial charge >= 0.3 is 0 Å². The lowest BCUT2D eigenvalue weighted by atomic mass is 9.81. The van der Waals surface area contributed by atoms with Gasteiger partial charge in [-0.3, -0.25) is 5.32 Å². The van der Waals surface area contributed by atoms with Gasteiger partial charge < -0.3 is 28.4 Å². The van der Waals surface area contributed by atoms with Crippen LogP contribution in [-0.2, 0) is 13.1 Å². The molecule has 2 N–H and O–H groups in total. The molecule has 0 amide bonds. The van der Waals surface area contributed by atoms with Crippen LogP contribution >= 0.6 is 0 Å². The smallest absolute Gasteiger partial charge is 0.203 e. The van der Waals surface area contributed by atoms with Gasteiger partial charge in [0.2, 0.25) is 11.5 Å². The Morgan fingerprint density at radius 2 is 0.841 bits per heavy atom. The molecule has 1 aliphatic rings. The number of nitrogens with one attached hydrogen (secondary N) is 2. The maximum Gasteiger partial charge on any atom is 0.203 e. The van der Waals surface area contributed by atoms with Gasteiger partial charge in [0.05, 0.1) is 55.4 Å². The third-order valence-corrected chi connectivity index (χ3v) is 12.1. The Morgan fingerprint density at radius 3 is 1.25 bits per heavy atom. The van der Waals surface area contributed by atoms with E-state index in [9.17, 15) is 0 Å². The summed E-state index contributed by atoms with van der Waals surface area (Å²) in [5.41, 5.74) is 15.2. The minimum absolute atomic E-state index is 0.419. The highest BCUT2D eigenvalue weighted by Gasteiger charge is 2.31. The van der Waals surface area contributed by atoms with Gasteiger partial charge in [0.1, 0.15) is 0 Å². The molecule has 1 heterocycles. The summed E-state index contributed by atoms with van der Waals surface area (Å²) in [5.74, 6) is 3.16. The van der Waals surface area contributed by atoms with Gasteiger partial charge in [0.15, 0.2) is 23.0 Å². The molecule has 0 saturated carbocycles. The van der Waals surface area contributed by atoms with E-state index >= 15 is 0 Å². The Morgan fingerprint density at radius 1 is 0.444 bits per heavy atom. The zero-order chi connectivity index (χ0) is 43.5. The molecule has 0 aromatic heterocycles. The molecule has 0 unspecified atom stereocenters. The molecule has 0 fully saturated rings. The van der Waals surface area contributed by atoms with Crippen LogP contribution in [0.3, 0.4) is 0 Å². The normalized spacial score (nSPS) is 13.0. The standard InChI is InChI=1S/C54H51N3O6/c1-58-46-27-38(28-47(59-2)53(46)62-5)52(39-29-48(60-3)54(63-6)49(30-39)61-4)57-33-55-31-44-42(34-17-9-7-10-18-34)25-36-21-13-15-23-40(36)50(44)51-41-24-16-14-22-37(41)26-43(45(51)32-56-57)35-19-11-8-12-20-35/h7-30,52,55-56H,31-33H2,1-6H3. The fourth-order valence-electron chi connectivity index (χ4n) is 9.26. The van der Waals surface area contributed by atoms with Crippen molar-refractivity contribution in [3.05, 3.63) is 168 Å². The Labute approximate surface area is 368 Å². The molecule has 0 atom stereocenters. The summed E-state index contributed by atoms with van der Waals surface area (Å²) in [6.45, 7) is 1.45. The number of nitrogens with zero attached hydrogens (tertiary/aromatic N) is 1. The first-order valence-electron chi connectivity index (χ1n) is 21.0. The molecule has 9 nitrogen and oxygen atoms in total. The van der Waals surface area contributed by atoms with Crippen molar-refractivity contribution >= 4 is 21.5 Å². The van der Waals surface area contributed by atoms with E-state index in [2.05, 4.69) is 137 Å². The highest BCUT2D eigenvalue weighted by Crippen LogP contribution is 2.48. The van der Waals surface area contributed by atoms with Crippen LogP contribution < -0.4 is 39.2 Å². The zero-order valence-corrected chi connectivity index (χ0v) is 36.5. The van der Waals surface area contributed by atoms with E-state index < -0.39 is 6.04 Å². The van der Waals surface area contributed by atoms with Crippen LogP contribution in [0.2, 0.25) is 0 Å². The number of rotatable bonds is 11. The van der Waals surface area contributed by atoms with Crippen molar-refractivity contribution in [1.29, 1.82) is 0 Å². The number of fused-ring (bicyclic) bond motifs is 7. The van der Waals surface area contributed by atoms with E-state index in [0.29, 0.717) is 54.3 Å². The lowest BCUT2D eigenvalue weighted by molar-refractivity contribution is 0.127. The first-order valence-corrected chi connectivity index (χ1v) is 21.0. The van der Waals surface area contributed by atoms with Crippen LogP contribution in [0.25, 0.3) is 54.9 Å². The van der Waals surface area contributed by atoms with Crippen molar-refractivity contribution in [3.63, 3.8) is 0 Å². The van der Waals surface area contributed by atoms with Crippen molar-refractivity contribution in [1.82, 2.24) is 15.8 Å². The fraction of sp³-hybridized carbons (Fsp3) is 0.185. The van der Waals surface area contributed by atoms with Crippen LogP contribution in [0.15, 0.2) is 146 Å². The molecule has 0 spiro atoms. The first-order chi connectivity index (χ1) is 31.0. The maximum atomic E-state index is 5.95. The Balaban J connectivity index is 1.34. The van der Waals surface area contributed by atoms with E-state index in [-0.39, 0.29) is 0 Å². The molecule has 318 valence electrons. The largest absolute Gasteiger partial charge is 0.493 e.